The Labute approximate surface area is 162 Å². The van der Waals surface area contributed by atoms with E-state index in [1.807, 2.05) is 26.0 Å². The van der Waals surface area contributed by atoms with Crippen LogP contribution in [0.2, 0.25) is 0 Å². The van der Waals surface area contributed by atoms with E-state index in [2.05, 4.69) is 17.1 Å². The summed E-state index contributed by atoms with van der Waals surface area (Å²) in [5.74, 6) is 1.44. The Balaban J connectivity index is 0.00000208. The van der Waals surface area contributed by atoms with E-state index in [4.69, 9.17) is 4.99 Å². The zero-order chi connectivity index (χ0) is 16.4. The van der Waals surface area contributed by atoms with Crippen molar-refractivity contribution in [1.82, 2.24) is 10.2 Å². The molecule has 1 spiro atoms. The van der Waals surface area contributed by atoms with Crippen molar-refractivity contribution in [3.8, 4) is 5.75 Å². The van der Waals surface area contributed by atoms with Crippen LogP contribution in [0.15, 0.2) is 17.1 Å². The number of benzene rings is 1. The Kier molecular flexibility index (Phi) is 6.39. The molecule has 1 aromatic rings. The Morgan fingerprint density at radius 3 is 2.42 bits per heavy atom. The molecule has 134 valence electrons. The summed E-state index contributed by atoms with van der Waals surface area (Å²) in [6, 6.07) is 4.07. The molecule has 0 atom stereocenters. The monoisotopic (exact) mass is 443 g/mol. The molecule has 2 fully saturated rings. The van der Waals surface area contributed by atoms with Gasteiger partial charge in [-0.15, -0.1) is 24.0 Å². The quantitative estimate of drug-likeness (QED) is 0.422. The second kappa shape index (κ2) is 7.93. The Bertz CT molecular complexity index is 588. The molecule has 3 rings (SSSR count). The number of halogens is 1. The van der Waals surface area contributed by atoms with Crippen LogP contribution < -0.4 is 5.32 Å². The molecule has 0 bridgehead atoms. The third-order valence-electron chi connectivity index (χ3n) is 5.45. The molecule has 1 aliphatic carbocycles. The summed E-state index contributed by atoms with van der Waals surface area (Å²) in [7, 11) is 0. The van der Waals surface area contributed by atoms with E-state index in [1.165, 1.54) is 25.7 Å². The molecule has 1 saturated carbocycles. The molecule has 2 N–H and O–H groups in total. The number of likely N-dealkylation sites (tertiary alicyclic amines) is 1. The predicted octanol–water partition coefficient (Wildman–Crippen LogP) is 3.97. The molecule has 1 saturated heterocycles. The number of hydrogen-bond acceptors (Lipinski definition) is 2. The largest absolute Gasteiger partial charge is 0.507 e. The van der Waals surface area contributed by atoms with Gasteiger partial charge in [-0.1, -0.05) is 18.6 Å². The second-order valence-electron chi connectivity index (χ2n) is 7.27. The second-order valence-corrected chi connectivity index (χ2v) is 7.27. The number of aliphatic imine (C=N–C) groups is 1. The van der Waals surface area contributed by atoms with Crippen molar-refractivity contribution in [1.29, 1.82) is 0 Å². The summed E-state index contributed by atoms with van der Waals surface area (Å²) in [5.41, 5.74) is 3.59. The van der Waals surface area contributed by atoms with Crippen LogP contribution in [0.5, 0.6) is 5.75 Å². The number of aromatic hydroxyl groups is 1. The molecule has 24 heavy (non-hydrogen) atoms. The van der Waals surface area contributed by atoms with Crippen LogP contribution in [0.1, 0.15) is 49.3 Å². The minimum atomic E-state index is 0. The van der Waals surface area contributed by atoms with Crippen molar-refractivity contribution in [3.63, 3.8) is 0 Å². The molecule has 0 amide bonds. The number of guanidine groups is 1. The highest BCUT2D eigenvalue weighted by molar-refractivity contribution is 14.0. The fourth-order valence-electron chi connectivity index (χ4n) is 3.93. The van der Waals surface area contributed by atoms with Crippen LogP contribution >= 0.6 is 24.0 Å². The summed E-state index contributed by atoms with van der Waals surface area (Å²) in [6.07, 6.45) is 5.49. The predicted molar refractivity (Wildman–Crippen MR) is 110 cm³/mol. The number of phenols is 1. The van der Waals surface area contributed by atoms with Crippen molar-refractivity contribution < 1.29 is 5.11 Å². The number of nitrogens with one attached hydrogen (secondary N) is 1. The molecule has 2 aliphatic rings. The summed E-state index contributed by atoms with van der Waals surface area (Å²) >= 11 is 0. The molecule has 5 heteroatoms. The van der Waals surface area contributed by atoms with E-state index in [1.54, 1.807) is 0 Å². The van der Waals surface area contributed by atoms with Gasteiger partial charge in [0.15, 0.2) is 5.96 Å². The molecule has 0 aromatic heterocycles. The number of hydrogen-bond donors (Lipinski definition) is 2. The molecular weight excluding hydrogens is 413 g/mol. The van der Waals surface area contributed by atoms with Crippen LogP contribution in [0.25, 0.3) is 0 Å². The topological polar surface area (TPSA) is 47.9 Å². The lowest BCUT2D eigenvalue weighted by molar-refractivity contribution is 0.151. The average molecular weight is 443 g/mol. The van der Waals surface area contributed by atoms with Gasteiger partial charge in [-0.3, -0.25) is 0 Å². The highest BCUT2D eigenvalue weighted by atomic mass is 127. The maximum atomic E-state index is 9.90. The molecule has 1 aromatic carbocycles. The molecule has 0 radical (unpaired) electrons. The van der Waals surface area contributed by atoms with E-state index >= 15 is 0 Å². The normalized spacial score (nSPS) is 19.1. The SMILES string of the molecule is CCNC(=NCc1cc(C)c(O)c(C)c1)N1CCC2(CCC2)C1.I. The minimum absolute atomic E-state index is 0. The first-order valence-corrected chi connectivity index (χ1v) is 8.85. The fraction of sp³-hybridized carbons (Fsp3) is 0.632. The average Bonchev–Trinajstić information content (AvgIpc) is 2.94. The van der Waals surface area contributed by atoms with Gasteiger partial charge in [0.2, 0.25) is 0 Å². The lowest BCUT2D eigenvalue weighted by Crippen LogP contribution is -2.42. The zero-order valence-electron chi connectivity index (χ0n) is 15.1. The highest BCUT2D eigenvalue weighted by Crippen LogP contribution is 2.47. The zero-order valence-corrected chi connectivity index (χ0v) is 17.4. The standard InChI is InChI=1S/C19H29N3O.HI/c1-4-20-18(22-9-8-19(13-22)6-5-7-19)21-12-16-10-14(2)17(23)15(3)11-16;/h10-11,23H,4-9,12-13H2,1-3H3,(H,20,21);1H. The maximum absolute atomic E-state index is 9.90. The van der Waals surface area contributed by atoms with Gasteiger partial charge in [0.25, 0.3) is 0 Å². The van der Waals surface area contributed by atoms with Crippen molar-refractivity contribution in [2.45, 2.75) is 53.0 Å². The first-order valence-electron chi connectivity index (χ1n) is 8.85. The molecule has 4 nitrogen and oxygen atoms in total. The van der Waals surface area contributed by atoms with Gasteiger partial charge in [0, 0.05) is 19.6 Å². The van der Waals surface area contributed by atoms with Gasteiger partial charge in [0.05, 0.1) is 6.54 Å². The van der Waals surface area contributed by atoms with Crippen LogP contribution in [0.3, 0.4) is 0 Å². The highest BCUT2D eigenvalue weighted by Gasteiger charge is 2.43. The first kappa shape index (κ1) is 19.3. The van der Waals surface area contributed by atoms with Gasteiger partial charge in [-0.2, -0.15) is 0 Å². The smallest absolute Gasteiger partial charge is 0.194 e. The molecule has 1 heterocycles. The van der Waals surface area contributed by atoms with Gasteiger partial charge in [-0.25, -0.2) is 4.99 Å². The lowest BCUT2D eigenvalue weighted by Gasteiger charge is -2.38. The maximum Gasteiger partial charge on any atom is 0.194 e. The van der Waals surface area contributed by atoms with E-state index in [-0.39, 0.29) is 24.0 Å². The first-order chi connectivity index (χ1) is 11.0. The Morgan fingerprint density at radius 1 is 1.25 bits per heavy atom. The number of nitrogens with zero attached hydrogens (tertiary/aromatic N) is 2. The lowest BCUT2D eigenvalue weighted by atomic mass is 9.68. The minimum Gasteiger partial charge on any atom is -0.507 e. The van der Waals surface area contributed by atoms with E-state index in [9.17, 15) is 5.11 Å². The Hall–Kier alpha value is -0.980. The van der Waals surface area contributed by atoms with Gasteiger partial charge < -0.3 is 15.3 Å². The van der Waals surface area contributed by atoms with Gasteiger partial charge in [-0.05, 0) is 62.1 Å². The van der Waals surface area contributed by atoms with Crippen molar-refractivity contribution in [3.05, 3.63) is 28.8 Å². The van der Waals surface area contributed by atoms with E-state index in [0.29, 0.717) is 17.7 Å². The summed E-state index contributed by atoms with van der Waals surface area (Å²) in [4.78, 5) is 7.28. The van der Waals surface area contributed by atoms with Crippen LogP contribution in [-0.2, 0) is 6.54 Å². The van der Waals surface area contributed by atoms with Crippen LogP contribution in [0.4, 0.5) is 0 Å². The number of aryl methyl sites for hydroxylation is 2. The van der Waals surface area contributed by atoms with Gasteiger partial charge in [0.1, 0.15) is 5.75 Å². The molecule has 1 aliphatic heterocycles. The van der Waals surface area contributed by atoms with E-state index < -0.39 is 0 Å². The van der Waals surface area contributed by atoms with Crippen LogP contribution in [0, 0.1) is 19.3 Å². The summed E-state index contributed by atoms with van der Waals surface area (Å²) in [6.45, 7) is 9.86. The molecular formula is C19H30IN3O. The summed E-state index contributed by atoms with van der Waals surface area (Å²) in [5, 5.41) is 13.3. The van der Waals surface area contributed by atoms with E-state index in [0.717, 1.165) is 42.3 Å². The summed E-state index contributed by atoms with van der Waals surface area (Å²) < 4.78 is 0. The fourth-order valence-corrected chi connectivity index (χ4v) is 3.93. The van der Waals surface area contributed by atoms with Crippen molar-refractivity contribution >= 4 is 29.9 Å². The third-order valence-corrected chi connectivity index (χ3v) is 5.45. The number of rotatable bonds is 3. The van der Waals surface area contributed by atoms with Gasteiger partial charge >= 0.3 is 0 Å². The third kappa shape index (κ3) is 3.98. The number of phenolic OH excluding ortho intramolecular Hbond substituents is 1. The van der Waals surface area contributed by atoms with Crippen molar-refractivity contribution in [2.75, 3.05) is 19.6 Å². The Morgan fingerprint density at radius 2 is 1.92 bits per heavy atom. The van der Waals surface area contributed by atoms with Crippen LogP contribution in [-0.4, -0.2) is 35.6 Å². The van der Waals surface area contributed by atoms with Crippen molar-refractivity contribution in [2.24, 2.45) is 10.4 Å². The molecule has 0 unspecified atom stereocenters.